The molecule has 43 heavy (non-hydrogen) atoms. The van der Waals surface area contributed by atoms with Crippen LogP contribution in [0.15, 0.2) is 91.0 Å². The van der Waals surface area contributed by atoms with E-state index in [1.165, 1.54) is 45.1 Å². The number of nitrogens with zero attached hydrogens (tertiary/aromatic N) is 2. The first kappa shape index (κ1) is 28.9. The van der Waals surface area contributed by atoms with Crippen LogP contribution < -0.4 is 24.3 Å². The van der Waals surface area contributed by atoms with Crippen molar-refractivity contribution in [3.05, 3.63) is 102 Å². The molecule has 0 atom stereocenters. The molecule has 5 rings (SSSR count). The number of ether oxygens (including phenoxy) is 4. The van der Waals surface area contributed by atoms with Crippen LogP contribution in [-0.4, -0.2) is 43.0 Å². The van der Waals surface area contributed by atoms with Crippen LogP contribution >= 0.6 is 0 Å². The summed E-state index contributed by atoms with van der Waals surface area (Å²) in [6.07, 6.45) is 0. The van der Waals surface area contributed by atoms with Crippen molar-refractivity contribution in [2.24, 2.45) is 0 Å². The summed E-state index contributed by atoms with van der Waals surface area (Å²) < 4.78 is 37.6. The summed E-state index contributed by atoms with van der Waals surface area (Å²) in [6.45, 7) is 1.28. The van der Waals surface area contributed by atoms with Crippen molar-refractivity contribution in [3.63, 3.8) is 0 Å². The lowest BCUT2D eigenvalue weighted by Gasteiger charge is -2.12. The van der Waals surface area contributed by atoms with Gasteiger partial charge >= 0.3 is 5.97 Å². The summed E-state index contributed by atoms with van der Waals surface area (Å²) >= 11 is 0. The number of carbonyl (C=O) groups excluding carboxylic acids is 2. The van der Waals surface area contributed by atoms with Crippen LogP contribution in [0.1, 0.15) is 17.3 Å². The molecule has 0 unspecified atom stereocenters. The Hall–Kier alpha value is -5.64. The highest BCUT2D eigenvalue weighted by molar-refractivity contribution is 6.06. The van der Waals surface area contributed by atoms with Gasteiger partial charge in [-0.1, -0.05) is 30.3 Å². The molecule has 0 saturated carbocycles. The fourth-order valence-corrected chi connectivity index (χ4v) is 4.61. The smallest absolute Gasteiger partial charge is 0.309 e. The van der Waals surface area contributed by atoms with Gasteiger partial charge in [-0.2, -0.15) is 9.78 Å². The lowest BCUT2D eigenvalue weighted by molar-refractivity contribution is -0.132. The Kier molecular flexibility index (Phi) is 8.38. The minimum Gasteiger partial charge on any atom is -0.496 e. The Labute approximate surface area is 247 Å². The number of hydrogen-bond acceptors (Lipinski definition) is 7. The largest absolute Gasteiger partial charge is 0.496 e. The molecule has 10 heteroatoms. The van der Waals surface area contributed by atoms with Gasteiger partial charge < -0.3 is 24.3 Å². The molecule has 0 aliphatic carbocycles. The van der Waals surface area contributed by atoms with Crippen LogP contribution in [0.25, 0.3) is 28.1 Å². The van der Waals surface area contributed by atoms with Crippen molar-refractivity contribution in [2.75, 3.05) is 26.6 Å². The summed E-state index contributed by atoms with van der Waals surface area (Å²) in [5, 5.41) is 7.65. The molecule has 0 aliphatic rings. The average Bonchev–Trinajstić information content (AvgIpc) is 3.39. The molecule has 1 heterocycles. The van der Waals surface area contributed by atoms with Gasteiger partial charge in [-0.25, -0.2) is 4.39 Å². The highest BCUT2D eigenvalue weighted by Crippen LogP contribution is 2.43. The number of para-hydroxylation sites is 1. The fraction of sp³-hybridized carbons (Fsp3) is 0.121. The molecule has 0 aliphatic heterocycles. The number of amides is 1. The molecule has 0 spiro atoms. The summed E-state index contributed by atoms with van der Waals surface area (Å²) in [5.74, 6) is 0.128. The number of methoxy groups -OCH3 is 3. The minimum absolute atomic E-state index is 0.0914. The van der Waals surface area contributed by atoms with E-state index in [4.69, 9.17) is 24.0 Å². The molecule has 1 aromatic heterocycles. The first-order valence-corrected chi connectivity index (χ1v) is 13.2. The van der Waals surface area contributed by atoms with E-state index in [1.807, 2.05) is 0 Å². The zero-order valence-corrected chi connectivity index (χ0v) is 23.9. The second-order valence-corrected chi connectivity index (χ2v) is 9.32. The number of rotatable bonds is 9. The summed E-state index contributed by atoms with van der Waals surface area (Å²) in [4.78, 5) is 25.3. The third-order valence-corrected chi connectivity index (χ3v) is 6.58. The lowest BCUT2D eigenvalue weighted by atomic mass is 10.0. The van der Waals surface area contributed by atoms with Crippen LogP contribution in [-0.2, 0) is 4.79 Å². The van der Waals surface area contributed by atoms with Crippen LogP contribution in [0.5, 0.6) is 23.1 Å². The van der Waals surface area contributed by atoms with Gasteiger partial charge in [0.1, 0.15) is 17.3 Å². The second-order valence-electron chi connectivity index (χ2n) is 9.32. The van der Waals surface area contributed by atoms with Gasteiger partial charge in [-0.05, 0) is 66.2 Å². The number of hydrogen-bond donors (Lipinski definition) is 1. The molecule has 4 aromatic carbocycles. The number of esters is 1. The molecule has 1 N–H and O–H groups in total. The van der Waals surface area contributed by atoms with E-state index in [-0.39, 0.29) is 11.8 Å². The predicted molar refractivity (Wildman–Crippen MR) is 160 cm³/mol. The summed E-state index contributed by atoms with van der Waals surface area (Å²) in [6, 6.07) is 25.0. The number of benzene rings is 4. The molecular weight excluding hydrogens is 553 g/mol. The summed E-state index contributed by atoms with van der Waals surface area (Å²) in [7, 11) is 4.56. The highest BCUT2D eigenvalue weighted by Gasteiger charge is 2.26. The highest BCUT2D eigenvalue weighted by atomic mass is 19.1. The molecule has 5 aromatic rings. The van der Waals surface area contributed by atoms with Crippen molar-refractivity contribution in [1.29, 1.82) is 0 Å². The van der Waals surface area contributed by atoms with Crippen LogP contribution in [0.2, 0.25) is 0 Å². The van der Waals surface area contributed by atoms with Crippen molar-refractivity contribution < 1.29 is 32.9 Å². The molecule has 218 valence electrons. The molecule has 9 nitrogen and oxygen atoms in total. The zero-order chi connectivity index (χ0) is 30.5. The topological polar surface area (TPSA) is 101 Å². The van der Waals surface area contributed by atoms with Crippen LogP contribution in [0, 0.1) is 5.82 Å². The maximum absolute atomic E-state index is 14.3. The lowest BCUT2D eigenvalue weighted by Crippen LogP contribution is -2.13. The van der Waals surface area contributed by atoms with Gasteiger partial charge in [0.2, 0.25) is 5.88 Å². The number of anilines is 1. The normalized spacial score (nSPS) is 10.6. The molecular formula is C33H28FN3O6. The number of carbonyl (C=O) groups is 2. The third kappa shape index (κ3) is 6.03. The first-order valence-electron chi connectivity index (χ1n) is 13.2. The minimum atomic E-state index is -0.585. The molecule has 1 amide bonds. The first-order chi connectivity index (χ1) is 20.8. The standard InChI is InChI=1S/C33H28FN3O6/c1-20(38)43-33-30(21-12-15-24(16-13-21)35-32(39)26-10-5-6-11-27(26)40-2)31(22-14-17-28(41-3)29(18-22)42-4)36-37(33)25-9-7-8-23(34)19-25/h5-19H,1-4H3,(H,35,39). The van der Waals surface area contributed by atoms with Crippen molar-refractivity contribution in [1.82, 2.24) is 9.78 Å². The maximum Gasteiger partial charge on any atom is 0.309 e. The van der Waals surface area contributed by atoms with E-state index in [1.54, 1.807) is 78.9 Å². The number of aromatic nitrogens is 2. The molecule has 0 bridgehead atoms. The van der Waals surface area contributed by atoms with Gasteiger partial charge in [-0.3, -0.25) is 9.59 Å². The number of nitrogens with one attached hydrogen (secondary N) is 1. The Morgan fingerprint density at radius 1 is 0.767 bits per heavy atom. The average molecular weight is 582 g/mol. The van der Waals surface area contributed by atoms with Crippen molar-refractivity contribution in [2.45, 2.75) is 6.92 Å². The quantitative estimate of drug-likeness (QED) is 0.197. The van der Waals surface area contributed by atoms with E-state index in [0.717, 1.165) is 0 Å². The predicted octanol–water partition coefficient (Wildman–Crippen LogP) is 6.55. The SMILES string of the molecule is COc1ccc(-c2nn(-c3cccc(F)c3)c(OC(C)=O)c2-c2ccc(NC(=O)c3ccccc3OC)cc2)cc1OC. The van der Waals surface area contributed by atoms with Gasteiger partial charge in [0.15, 0.2) is 11.5 Å². The Morgan fingerprint density at radius 3 is 2.14 bits per heavy atom. The fourth-order valence-electron chi connectivity index (χ4n) is 4.61. The van der Waals surface area contributed by atoms with Crippen LogP contribution in [0.3, 0.4) is 0 Å². The van der Waals surface area contributed by atoms with E-state index in [0.29, 0.717) is 56.6 Å². The van der Waals surface area contributed by atoms with E-state index in [2.05, 4.69) is 5.32 Å². The van der Waals surface area contributed by atoms with Gasteiger partial charge in [0, 0.05) is 18.2 Å². The van der Waals surface area contributed by atoms with Crippen molar-refractivity contribution >= 4 is 17.6 Å². The molecule has 0 saturated heterocycles. The van der Waals surface area contributed by atoms with E-state index in [9.17, 15) is 14.0 Å². The van der Waals surface area contributed by atoms with Crippen molar-refractivity contribution in [3.8, 4) is 51.2 Å². The molecule has 0 fully saturated rings. The maximum atomic E-state index is 14.3. The van der Waals surface area contributed by atoms with Gasteiger partial charge in [0.05, 0.1) is 38.1 Å². The van der Waals surface area contributed by atoms with Crippen LogP contribution in [0.4, 0.5) is 10.1 Å². The zero-order valence-electron chi connectivity index (χ0n) is 23.9. The second kappa shape index (κ2) is 12.5. The molecule has 0 radical (unpaired) electrons. The third-order valence-electron chi connectivity index (χ3n) is 6.58. The van der Waals surface area contributed by atoms with Gasteiger partial charge in [0.25, 0.3) is 5.91 Å². The summed E-state index contributed by atoms with van der Waals surface area (Å²) in [5.41, 5.74) is 3.42. The number of halogens is 1. The van der Waals surface area contributed by atoms with E-state index >= 15 is 0 Å². The monoisotopic (exact) mass is 581 g/mol. The Bertz CT molecular complexity index is 1800. The van der Waals surface area contributed by atoms with Gasteiger partial charge in [-0.15, -0.1) is 0 Å². The Balaban J connectivity index is 1.64. The van der Waals surface area contributed by atoms with E-state index < -0.39 is 11.8 Å². The Morgan fingerprint density at radius 2 is 1.47 bits per heavy atom.